The third-order valence-corrected chi connectivity index (χ3v) is 1.79. The summed E-state index contributed by atoms with van der Waals surface area (Å²) in [5.74, 6) is 0.848. The molecule has 0 atom stereocenters. The monoisotopic (exact) mass is 156 g/mol. The maximum absolute atomic E-state index is 2.36. The molecule has 0 nitrogen and oxygen atoms in total. The highest BCUT2D eigenvalue weighted by atomic mass is 14.0. The Morgan fingerprint density at radius 2 is 1.91 bits per heavy atom. The van der Waals surface area contributed by atoms with E-state index in [-0.39, 0.29) is 7.43 Å². The zero-order chi connectivity index (χ0) is 7.98. The number of allylic oxidation sites excluding steroid dienone is 2. The van der Waals surface area contributed by atoms with Crippen LogP contribution in [0.5, 0.6) is 0 Å². The van der Waals surface area contributed by atoms with Gasteiger partial charge in [-0.2, -0.15) is 0 Å². The lowest BCUT2D eigenvalue weighted by Gasteiger charge is -2.00. The fourth-order valence-electron chi connectivity index (χ4n) is 0.807. The highest BCUT2D eigenvalue weighted by Gasteiger charge is 1.90. The maximum Gasteiger partial charge on any atom is -0.0346 e. The largest absolute Gasteiger partial charge is 0.0856 e. The molecule has 0 aliphatic heterocycles. The van der Waals surface area contributed by atoms with Gasteiger partial charge in [0.05, 0.1) is 0 Å². The van der Waals surface area contributed by atoms with Crippen LogP contribution in [0.1, 0.15) is 54.4 Å². The van der Waals surface area contributed by atoms with Gasteiger partial charge in [-0.3, -0.25) is 0 Å². The van der Waals surface area contributed by atoms with Crippen LogP contribution in [0.25, 0.3) is 0 Å². The average molecular weight is 156 g/mol. The predicted molar refractivity (Wildman–Crippen MR) is 54.9 cm³/mol. The van der Waals surface area contributed by atoms with E-state index in [1.165, 1.54) is 24.8 Å². The van der Waals surface area contributed by atoms with Crippen LogP contribution in [0.3, 0.4) is 0 Å². The van der Waals surface area contributed by atoms with E-state index in [0.717, 1.165) is 5.92 Å². The SMILES string of the molecule is C.CC/C(C)=C\CCC(C)C. The molecule has 0 bridgehead atoms. The lowest BCUT2D eigenvalue weighted by atomic mass is 10.1. The van der Waals surface area contributed by atoms with Gasteiger partial charge in [0.2, 0.25) is 0 Å². The second-order valence-electron chi connectivity index (χ2n) is 3.38. The fourth-order valence-corrected chi connectivity index (χ4v) is 0.807. The van der Waals surface area contributed by atoms with Crippen molar-refractivity contribution >= 4 is 0 Å². The van der Waals surface area contributed by atoms with Crippen molar-refractivity contribution in [1.29, 1.82) is 0 Å². The van der Waals surface area contributed by atoms with Crippen molar-refractivity contribution in [1.82, 2.24) is 0 Å². The van der Waals surface area contributed by atoms with E-state index in [1.54, 1.807) is 0 Å². The van der Waals surface area contributed by atoms with Crippen molar-refractivity contribution < 1.29 is 0 Å². The second kappa shape index (κ2) is 7.84. The van der Waals surface area contributed by atoms with Crippen LogP contribution < -0.4 is 0 Å². The van der Waals surface area contributed by atoms with Crippen LogP contribution in [-0.2, 0) is 0 Å². The van der Waals surface area contributed by atoms with Crippen LogP contribution in [0.2, 0.25) is 0 Å². The lowest BCUT2D eigenvalue weighted by Crippen LogP contribution is -1.84. The van der Waals surface area contributed by atoms with Crippen LogP contribution in [0.15, 0.2) is 11.6 Å². The zero-order valence-corrected chi connectivity index (χ0v) is 7.78. The average Bonchev–Trinajstić information content (AvgIpc) is 1.87. The summed E-state index contributed by atoms with van der Waals surface area (Å²) < 4.78 is 0. The predicted octanol–water partition coefficient (Wildman–Crippen LogP) is 4.42. The van der Waals surface area contributed by atoms with Gasteiger partial charge in [0.15, 0.2) is 0 Å². The standard InChI is InChI=1S/C10H20.CH4/c1-5-10(4)8-6-7-9(2)3;/h8-9H,5-7H2,1-4H3;1H4/b10-8-;. The van der Waals surface area contributed by atoms with E-state index < -0.39 is 0 Å². The number of rotatable bonds is 4. The first kappa shape index (κ1) is 13.3. The molecular weight excluding hydrogens is 132 g/mol. The Kier molecular flexibility index (Phi) is 9.51. The van der Waals surface area contributed by atoms with E-state index in [2.05, 4.69) is 33.8 Å². The summed E-state index contributed by atoms with van der Waals surface area (Å²) >= 11 is 0. The molecule has 0 N–H and O–H groups in total. The summed E-state index contributed by atoms with van der Waals surface area (Å²) in [7, 11) is 0. The van der Waals surface area contributed by atoms with Gasteiger partial charge in [0.25, 0.3) is 0 Å². The first-order valence-electron chi connectivity index (χ1n) is 4.32. The summed E-state index contributed by atoms with van der Waals surface area (Å²) in [6.45, 7) is 8.96. The Hall–Kier alpha value is -0.260. The van der Waals surface area contributed by atoms with Crippen LogP contribution in [0, 0.1) is 5.92 Å². The van der Waals surface area contributed by atoms with Crippen molar-refractivity contribution in [3.05, 3.63) is 11.6 Å². The maximum atomic E-state index is 2.36. The Morgan fingerprint density at radius 1 is 1.36 bits per heavy atom. The molecule has 0 saturated carbocycles. The minimum atomic E-state index is 0. The highest BCUT2D eigenvalue weighted by Crippen LogP contribution is 2.07. The van der Waals surface area contributed by atoms with Crippen LogP contribution in [0.4, 0.5) is 0 Å². The van der Waals surface area contributed by atoms with Gasteiger partial charge in [-0.15, -0.1) is 0 Å². The Balaban J connectivity index is 0. The molecule has 0 amide bonds. The lowest BCUT2D eigenvalue weighted by molar-refractivity contribution is 0.593. The zero-order valence-electron chi connectivity index (χ0n) is 7.78. The quantitative estimate of drug-likeness (QED) is 0.529. The molecule has 0 aliphatic carbocycles. The van der Waals surface area contributed by atoms with Crippen molar-refractivity contribution in [3.63, 3.8) is 0 Å². The molecule has 0 spiro atoms. The molecule has 0 heterocycles. The molecule has 0 rings (SSSR count). The van der Waals surface area contributed by atoms with Crippen molar-refractivity contribution in [3.8, 4) is 0 Å². The summed E-state index contributed by atoms with van der Waals surface area (Å²) in [6, 6.07) is 0. The summed E-state index contributed by atoms with van der Waals surface area (Å²) in [5.41, 5.74) is 1.53. The van der Waals surface area contributed by atoms with E-state index >= 15 is 0 Å². The van der Waals surface area contributed by atoms with Crippen LogP contribution in [-0.4, -0.2) is 0 Å². The van der Waals surface area contributed by atoms with Gasteiger partial charge in [-0.1, -0.05) is 39.8 Å². The molecule has 0 saturated heterocycles. The molecule has 68 valence electrons. The van der Waals surface area contributed by atoms with Gasteiger partial charge in [-0.25, -0.2) is 0 Å². The first-order chi connectivity index (χ1) is 4.66. The van der Waals surface area contributed by atoms with Crippen molar-refractivity contribution in [2.75, 3.05) is 0 Å². The summed E-state index contributed by atoms with van der Waals surface area (Å²) in [6.07, 6.45) is 6.16. The summed E-state index contributed by atoms with van der Waals surface area (Å²) in [5, 5.41) is 0. The van der Waals surface area contributed by atoms with E-state index in [1.807, 2.05) is 0 Å². The molecule has 0 heteroatoms. The molecule has 0 aromatic carbocycles. The van der Waals surface area contributed by atoms with E-state index in [4.69, 9.17) is 0 Å². The Labute approximate surface area is 72.7 Å². The minimum Gasteiger partial charge on any atom is -0.0856 e. The molecule has 0 aromatic heterocycles. The molecule has 0 unspecified atom stereocenters. The molecule has 0 radical (unpaired) electrons. The topological polar surface area (TPSA) is 0 Å². The summed E-state index contributed by atoms with van der Waals surface area (Å²) in [4.78, 5) is 0. The number of hydrogen-bond acceptors (Lipinski definition) is 0. The molecule has 0 fully saturated rings. The fraction of sp³-hybridized carbons (Fsp3) is 0.818. The Morgan fingerprint density at radius 3 is 2.27 bits per heavy atom. The minimum absolute atomic E-state index is 0. The number of hydrogen-bond donors (Lipinski definition) is 0. The van der Waals surface area contributed by atoms with Crippen molar-refractivity contribution in [2.45, 2.75) is 54.4 Å². The van der Waals surface area contributed by atoms with E-state index in [0.29, 0.717) is 0 Å². The third-order valence-electron chi connectivity index (χ3n) is 1.79. The Bertz CT molecular complexity index is 98.6. The smallest absolute Gasteiger partial charge is 0.0346 e. The van der Waals surface area contributed by atoms with Crippen molar-refractivity contribution in [2.24, 2.45) is 5.92 Å². The van der Waals surface area contributed by atoms with Gasteiger partial charge in [-0.05, 0) is 32.1 Å². The first-order valence-corrected chi connectivity index (χ1v) is 4.32. The third kappa shape index (κ3) is 9.74. The molecule has 0 aromatic rings. The van der Waals surface area contributed by atoms with Gasteiger partial charge >= 0.3 is 0 Å². The molecule has 11 heavy (non-hydrogen) atoms. The highest BCUT2D eigenvalue weighted by molar-refractivity contribution is 4.96. The van der Waals surface area contributed by atoms with E-state index in [9.17, 15) is 0 Å². The van der Waals surface area contributed by atoms with Gasteiger partial charge in [0, 0.05) is 0 Å². The van der Waals surface area contributed by atoms with Gasteiger partial charge < -0.3 is 0 Å². The van der Waals surface area contributed by atoms with Gasteiger partial charge in [0.1, 0.15) is 0 Å². The normalized spacial score (nSPS) is 11.5. The van der Waals surface area contributed by atoms with Crippen LogP contribution >= 0.6 is 0 Å². The molecular formula is C11H24. The second-order valence-corrected chi connectivity index (χ2v) is 3.38. The molecule has 0 aliphatic rings.